The molecule has 4 aliphatic rings. The zero-order valence-corrected chi connectivity index (χ0v) is 21.9. The van der Waals surface area contributed by atoms with Crippen LogP contribution in [0.4, 0.5) is 0 Å². The molecular formula is C28H46O7. The van der Waals surface area contributed by atoms with E-state index in [-0.39, 0.29) is 48.4 Å². The molecule has 0 aromatic carbocycles. The molecule has 6 N–H and O–H groups in total. The Balaban J connectivity index is 1.66. The van der Waals surface area contributed by atoms with E-state index in [0.29, 0.717) is 44.1 Å². The smallest absolute Gasteiger partial charge is 0.159 e. The van der Waals surface area contributed by atoms with Gasteiger partial charge in [0.15, 0.2) is 5.78 Å². The third-order valence-corrected chi connectivity index (χ3v) is 11.4. The van der Waals surface area contributed by atoms with Crippen LogP contribution in [0.15, 0.2) is 11.6 Å². The summed E-state index contributed by atoms with van der Waals surface area (Å²) >= 11 is 0. The summed E-state index contributed by atoms with van der Waals surface area (Å²) in [5, 5.41) is 65.3. The molecule has 12 atom stereocenters. The first-order valence-corrected chi connectivity index (χ1v) is 13.5. The van der Waals surface area contributed by atoms with Gasteiger partial charge in [0.2, 0.25) is 0 Å². The van der Waals surface area contributed by atoms with E-state index in [1.807, 2.05) is 27.7 Å². The van der Waals surface area contributed by atoms with Crippen LogP contribution in [0.25, 0.3) is 0 Å². The predicted octanol–water partition coefficient (Wildman–Crippen LogP) is 1.96. The van der Waals surface area contributed by atoms with Crippen molar-refractivity contribution < 1.29 is 35.4 Å². The number of carbonyl (C=O) groups is 1. The first kappa shape index (κ1) is 27.2. The minimum Gasteiger partial charge on any atom is -0.396 e. The van der Waals surface area contributed by atoms with Gasteiger partial charge >= 0.3 is 0 Å². The number of carbonyl (C=O) groups excluding carboxylic acids is 1. The van der Waals surface area contributed by atoms with Gasteiger partial charge in [-0.15, -0.1) is 0 Å². The zero-order valence-electron chi connectivity index (χ0n) is 21.9. The molecule has 7 heteroatoms. The number of aliphatic hydroxyl groups is 6. The molecule has 0 saturated heterocycles. The molecule has 3 fully saturated rings. The predicted molar refractivity (Wildman–Crippen MR) is 131 cm³/mol. The molecule has 200 valence electrons. The number of fused-ring (bicyclic) bond motifs is 5. The molecule has 0 bridgehead atoms. The fourth-order valence-corrected chi connectivity index (χ4v) is 8.54. The van der Waals surface area contributed by atoms with Crippen molar-refractivity contribution in [3.63, 3.8) is 0 Å². The molecule has 4 aliphatic carbocycles. The third kappa shape index (κ3) is 3.88. The van der Waals surface area contributed by atoms with Gasteiger partial charge in [0.05, 0.1) is 29.5 Å². The van der Waals surface area contributed by atoms with Gasteiger partial charge in [-0.25, -0.2) is 0 Å². The standard InChI is InChI=1S/C28H46O7/c1-15(16(2)14-29)10-24(33)27(5,34)23-7-9-28(35)18-11-20(30)19-12-21(31)22(32)13-25(19,3)17(18)6-8-26(23,28)4/h11,15-17,19,21-24,29,31-35H,6-10,12-14H2,1-5H3/t15-,16-,17+,19+,21-,22+,23+,24-,25-,26-,27-,28-/m1/s1. The Morgan fingerprint density at radius 2 is 1.74 bits per heavy atom. The Kier molecular flexibility index (Phi) is 6.91. The molecule has 0 aromatic rings. The van der Waals surface area contributed by atoms with Crippen LogP contribution in [0.2, 0.25) is 0 Å². The Morgan fingerprint density at radius 1 is 1.09 bits per heavy atom. The summed E-state index contributed by atoms with van der Waals surface area (Å²) in [6.07, 6.45) is 2.00. The lowest BCUT2D eigenvalue weighted by atomic mass is 9.45. The molecule has 3 saturated carbocycles. The highest BCUT2D eigenvalue weighted by Crippen LogP contribution is 2.68. The Bertz CT molecular complexity index is 869. The quantitative estimate of drug-likeness (QED) is 0.332. The monoisotopic (exact) mass is 494 g/mol. The van der Waals surface area contributed by atoms with Gasteiger partial charge in [-0.1, -0.05) is 27.7 Å². The van der Waals surface area contributed by atoms with Gasteiger partial charge in [0.25, 0.3) is 0 Å². The van der Waals surface area contributed by atoms with Crippen molar-refractivity contribution in [1.29, 1.82) is 0 Å². The Morgan fingerprint density at radius 3 is 2.37 bits per heavy atom. The van der Waals surface area contributed by atoms with E-state index >= 15 is 0 Å². The van der Waals surface area contributed by atoms with Gasteiger partial charge in [-0.05, 0) is 92.6 Å². The van der Waals surface area contributed by atoms with E-state index in [9.17, 15) is 35.4 Å². The first-order chi connectivity index (χ1) is 16.1. The Labute approximate surface area is 209 Å². The van der Waals surface area contributed by atoms with E-state index in [2.05, 4.69) is 0 Å². The van der Waals surface area contributed by atoms with E-state index in [0.717, 1.165) is 0 Å². The second-order valence-corrected chi connectivity index (χ2v) is 13.2. The highest BCUT2D eigenvalue weighted by atomic mass is 16.3. The van der Waals surface area contributed by atoms with Crippen LogP contribution in [0.3, 0.4) is 0 Å². The highest BCUT2D eigenvalue weighted by molar-refractivity contribution is 5.95. The molecule has 0 aliphatic heterocycles. The largest absolute Gasteiger partial charge is 0.396 e. The van der Waals surface area contributed by atoms with Crippen molar-refractivity contribution in [3.05, 3.63) is 11.6 Å². The number of aliphatic hydroxyl groups excluding tert-OH is 4. The molecular weight excluding hydrogens is 448 g/mol. The van der Waals surface area contributed by atoms with Crippen LogP contribution in [0.5, 0.6) is 0 Å². The minimum absolute atomic E-state index is 0.00319. The molecule has 0 spiro atoms. The van der Waals surface area contributed by atoms with Crippen LogP contribution in [-0.2, 0) is 4.79 Å². The van der Waals surface area contributed by atoms with E-state index in [4.69, 9.17) is 0 Å². The maximum atomic E-state index is 13.3. The van der Waals surface area contributed by atoms with Gasteiger partial charge in [-0.2, -0.15) is 0 Å². The highest BCUT2D eigenvalue weighted by Gasteiger charge is 2.69. The Hall–Kier alpha value is -0.830. The number of hydrogen-bond acceptors (Lipinski definition) is 7. The fraction of sp³-hybridized carbons (Fsp3) is 0.893. The lowest BCUT2D eigenvalue weighted by Gasteiger charge is -2.60. The van der Waals surface area contributed by atoms with Crippen molar-refractivity contribution in [3.8, 4) is 0 Å². The lowest BCUT2D eigenvalue weighted by Crippen LogP contribution is -2.63. The molecule has 0 radical (unpaired) electrons. The summed E-state index contributed by atoms with van der Waals surface area (Å²) in [6, 6.07) is 0. The molecule has 0 amide bonds. The topological polar surface area (TPSA) is 138 Å². The minimum atomic E-state index is -1.44. The van der Waals surface area contributed by atoms with Crippen LogP contribution in [-0.4, -0.2) is 72.5 Å². The third-order valence-electron chi connectivity index (χ3n) is 11.4. The molecule has 35 heavy (non-hydrogen) atoms. The number of hydrogen-bond donors (Lipinski definition) is 6. The van der Waals surface area contributed by atoms with Gasteiger partial charge in [-0.3, -0.25) is 4.79 Å². The maximum Gasteiger partial charge on any atom is 0.159 e. The number of allylic oxidation sites excluding steroid dienone is 1. The molecule has 4 rings (SSSR count). The van der Waals surface area contributed by atoms with Gasteiger partial charge in [0.1, 0.15) is 0 Å². The summed E-state index contributed by atoms with van der Waals surface area (Å²) < 4.78 is 0. The molecule has 0 heterocycles. The average Bonchev–Trinajstić information content (AvgIpc) is 3.07. The van der Waals surface area contributed by atoms with Gasteiger partial charge in [0, 0.05) is 17.9 Å². The number of rotatable bonds is 6. The van der Waals surface area contributed by atoms with Crippen molar-refractivity contribution in [1.82, 2.24) is 0 Å². The molecule has 0 unspecified atom stereocenters. The van der Waals surface area contributed by atoms with Crippen LogP contribution < -0.4 is 0 Å². The van der Waals surface area contributed by atoms with Crippen molar-refractivity contribution in [2.24, 2.45) is 40.4 Å². The summed E-state index contributed by atoms with van der Waals surface area (Å²) in [6.45, 7) is 9.57. The van der Waals surface area contributed by atoms with Crippen LogP contribution in [0, 0.1) is 40.4 Å². The summed E-state index contributed by atoms with van der Waals surface area (Å²) in [5.41, 5.74) is -3.26. The van der Waals surface area contributed by atoms with Crippen molar-refractivity contribution in [2.45, 2.75) is 109 Å². The summed E-state index contributed by atoms with van der Waals surface area (Å²) in [7, 11) is 0. The van der Waals surface area contributed by atoms with E-state index in [1.165, 1.54) is 0 Å². The normalized spacial score (nSPS) is 47.6. The average molecular weight is 495 g/mol. The second-order valence-electron chi connectivity index (χ2n) is 13.2. The van der Waals surface area contributed by atoms with Gasteiger partial charge < -0.3 is 30.6 Å². The second kappa shape index (κ2) is 8.88. The maximum absolute atomic E-state index is 13.3. The van der Waals surface area contributed by atoms with Crippen LogP contribution in [0.1, 0.15) is 79.6 Å². The zero-order chi connectivity index (χ0) is 26.1. The molecule has 0 aromatic heterocycles. The van der Waals surface area contributed by atoms with E-state index < -0.39 is 40.3 Å². The summed E-state index contributed by atoms with van der Waals surface area (Å²) in [4.78, 5) is 13.3. The first-order valence-electron chi connectivity index (χ1n) is 13.5. The number of ketones is 1. The van der Waals surface area contributed by atoms with E-state index in [1.54, 1.807) is 13.0 Å². The fourth-order valence-electron chi connectivity index (χ4n) is 8.54. The molecule has 7 nitrogen and oxygen atoms in total. The van der Waals surface area contributed by atoms with Crippen molar-refractivity contribution in [2.75, 3.05) is 6.61 Å². The summed E-state index contributed by atoms with van der Waals surface area (Å²) in [5.74, 6) is -0.890. The SMILES string of the molecule is C[C@H](CO)[C@H](C)C[C@@H](O)[C@](C)(O)[C@H]1CC[C@@]2(O)C3=CC(=O)[C@@H]4C[C@@H](O)[C@@H](O)C[C@]4(C)[C@H]3CC[C@]12C. The lowest BCUT2D eigenvalue weighted by molar-refractivity contribution is -0.177. The van der Waals surface area contributed by atoms with Crippen molar-refractivity contribution >= 4 is 5.78 Å². The van der Waals surface area contributed by atoms with Crippen LogP contribution >= 0.6 is 0 Å².